The maximum atomic E-state index is 5.63. The Balaban J connectivity index is 2.49. The summed E-state index contributed by atoms with van der Waals surface area (Å²) in [5.74, 6) is 2.03. The Kier molecular flexibility index (Phi) is 5.42. The van der Waals surface area contributed by atoms with E-state index in [2.05, 4.69) is 51.0 Å². The van der Waals surface area contributed by atoms with Crippen molar-refractivity contribution in [3.63, 3.8) is 0 Å². The topological polar surface area (TPSA) is 28.4 Å². The first kappa shape index (κ1) is 15.3. The number of hydrogen-bond donors (Lipinski definition) is 1. The van der Waals surface area contributed by atoms with Crippen LogP contribution in [0.15, 0.2) is 16.5 Å². The Morgan fingerprint density at radius 1 is 1.33 bits per heavy atom. The van der Waals surface area contributed by atoms with E-state index in [1.807, 2.05) is 13.0 Å². The Morgan fingerprint density at radius 3 is 2.44 bits per heavy atom. The number of likely N-dealkylation sites (N-methyl/N-ethyl adjacent to an activating group) is 1. The van der Waals surface area contributed by atoms with E-state index in [9.17, 15) is 0 Å². The predicted octanol–water partition coefficient (Wildman–Crippen LogP) is 3.19. The largest absolute Gasteiger partial charge is 0.465 e. The van der Waals surface area contributed by atoms with Crippen LogP contribution < -0.4 is 5.32 Å². The predicted molar refractivity (Wildman–Crippen MR) is 76.7 cm³/mol. The average Bonchev–Trinajstić information content (AvgIpc) is 2.63. The van der Waals surface area contributed by atoms with Crippen LogP contribution in [0.1, 0.15) is 45.6 Å². The maximum absolute atomic E-state index is 5.63. The zero-order valence-corrected chi connectivity index (χ0v) is 12.7. The second-order valence-electron chi connectivity index (χ2n) is 6.12. The molecule has 0 radical (unpaired) electrons. The summed E-state index contributed by atoms with van der Waals surface area (Å²) in [5, 5.41) is 3.57. The van der Waals surface area contributed by atoms with Gasteiger partial charge in [-0.15, -0.1) is 0 Å². The van der Waals surface area contributed by atoms with Crippen LogP contribution >= 0.6 is 0 Å². The SMILES string of the molecule is CCC(CNC(C)(C)C)N(C)Cc1ccc(C)o1. The molecule has 0 spiro atoms. The molecule has 0 aliphatic rings. The van der Waals surface area contributed by atoms with E-state index in [4.69, 9.17) is 4.42 Å². The molecule has 0 saturated carbocycles. The summed E-state index contributed by atoms with van der Waals surface area (Å²) in [5.41, 5.74) is 0.176. The number of nitrogens with one attached hydrogen (secondary N) is 1. The van der Waals surface area contributed by atoms with E-state index in [1.54, 1.807) is 0 Å². The molecule has 18 heavy (non-hydrogen) atoms. The van der Waals surface area contributed by atoms with Gasteiger partial charge in [-0.1, -0.05) is 6.92 Å². The summed E-state index contributed by atoms with van der Waals surface area (Å²) < 4.78 is 5.63. The molecule has 1 aromatic heterocycles. The van der Waals surface area contributed by atoms with E-state index < -0.39 is 0 Å². The lowest BCUT2D eigenvalue weighted by molar-refractivity contribution is 0.194. The molecule has 1 N–H and O–H groups in total. The number of nitrogens with zero attached hydrogens (tertiary/aromatic N) is 1. The molecule has 1 rings (SSSR count). The summed E-state index contributed by atoms with van der Waals surface area (Å²) in [6.07, 6.45) is 1.14. The lowest BCUT2D eigenvalue weighted by Gasteiger charge is -2.30. The van der Waals surface area contributed by atoms with Gasteiger partial charge in [0.2, 0.25) is 0 Å². The quantitative estimate of drug-likeness (QED) is 0.843. The minimum absolute atomic E-state index is 0.176. The third-order valence-electron chi connectivity index (χ3n) is 3.16. The minimum Gasteiger partial charge on any atom is -0.465 e. The van der Waals surface area contributed by atoms with E-state index in [0.29, 0.717) is 6.04 Å². The zero-order valence-electron chi connectivity index (χ0n) is 12.7. The molecule has 1 aromatic rings. The highest BCUT2D eigenvalue weighted by molar-refractivity contribution is 5.05. The normalized spacial score (nSPS) is 14.2. The van der Waals surface area contributed by atoms with E-state index in [-0.39, 0.29) is 5.54 Å². The van der Waals surface area contributed by atoms with Crippen LogP contribution in [0, 0.1) is 6.92 Å². The first-order chi connectivity index (χ1) is 8.31. The zero-order chi connectivity index (χ0) is 13.8. The van der Waals surface area contributed by atoms with Gasteiger partial charge in [0, 0.05) is 18.1 Å². The number of furan rings is 1. The highest BCUT2D eigenvalue weighted by Crippen LogP contribution is 2.12. The van der Waals surface area contributed by atoms with Crippen molar-refractivity contribution < 1.29 is 4.42 Å². The van der Waals surface area contributed by atoms with Crippen LogP contribution in [0.25, 0.3) is 0 Å². The fraction of sp³-hybridized carbons (Fsp3) is 0.733. The van der Waals surface area contributed by atoms with Crippen molar-refractivity contribution in [1.82, 2.24) is 10.2 Å². The van der Waals surface area contributed by atoms with Crippen molar-refractivity contribution in [3.05, 3.63) is 23.7 Å². The van der Waals surface area contributed by atoms with Gasteiger partial charge in [0.1, 0.15) is 11.5 Å². The van der Waals surface area contributed by atoms with Gasteiger partial charge >= 0.3 is 0 Å². The summed E-state index contributed by atoms with van der Waals surface area (Å²) >= 11 is 0. The number of hydrogen-bond acceptors (Lipinski definition) is 3. The van der Waals surface area contributed by atoms with E-state index in [0.717, 1.165) is 31.0 Å². The van der Waals surface area contributed by atoms with Gasteiger partial charge in [-0.2, -0.15) is 0 Å². The van der Waals surface area contributed by atoms with Gasteiger partial charge in [-0.25, -0.2) is 0 Å². The van der Waals surface area contributed by atoms with E-state index >= 15 is 0 Å². The van der Waals surface area contributed by atoms with Gasteiger partial charge in [0.25, 0.3) is 0 Å². The highest BCUT2D eigenvalue weighted by atomic mass is 16.3. The smallest absolute Gasteiger partial charge is 0.118 e. The molecule has 1 heterocycles. The molecule has 0 fully saturated rings. The Hall–Kier alpha value is -0.800. The molecule has 0 amide bonds. The molecule has 0 aromatic carbocycles. The van der Waals surface area contributed by atoms with Crippen molar-refractivity contribution in [2.75, 3.05) is 13.6 Å². The average molecular weight is 252 g/mol. The van der Waals surface area contributed by atoms with Crippen LogP contribution in [-0.4, -0.2) is 30.1 Å². The summed E-state index contributed by atoms with van der Waals surface area (Å²) in [6.45, 7) is 12.7. The van der Waals surface area contributed by atoms with Crippen molar-refractivity contribution in [1.29, 1.82) is 0 Å². The first-order valence-corrected chi connectivity index (χ1v) is 6.82. The first-order valence-electron chi connectivity index (χ1n) is 6.82. The second-order valence-corrected chi connectivity index (χ2v) is 6.12. The van der Waals surface area contributed by atoms with Crippen LogP contribution in [0.3, 0.4) is 0 Å². The molecule has 0 bridgehead atoms. The highest BCUT2D eigenvalue weighted by Gasteiger charge is 2.17. The van der Waals surface area contributed by atoms with Crippen molar-refractivity contribution in [3.8, 4) is 0 Å². The van der Waals surface area contributed by atoms with Crippen molar-refractivity contribution in [2.45, 2.75) is 59.2 Å². The van der Waals surface area contributed by atoms with Gasteiger partial charge in [-0.3, -0.25) is 4.90 Å². The minimum atomic E-state index is 0.176. The van der Waals surface area contributed by atoms with Crippen molar-refractivity contribution in [2.24, 2.45) is 0 Å². The Labute approximate surface area is 112 Å². The molecule has 0 saturated heterocycles. The molecular formula is C15H28N2O. The van der Waals surface area contributed by atoms with Gasteiger partial charge in [-0.05, 0) is 53.3 Å². The Bertz CT molecular complexity index is 352. The fourth-order valence-corrected chi connectivity index (χ4v) is 1.98. The molecule has 104 valence electrons. The monoisotopic (exact) mass is 252 g/mol. The van der Waals surface area contributed by atoms with Crippen LogP contribution in [0.4, 0.5) is 0 Å². The van der Waals surface area contributed by atoms with Gasteiger partial charge in [0.15, 0.2) is 0 Å². The van der Waals surface area contributed by atoms with Gasteiger partial charge in [0.05, 0.1) is 6.54 Å². The molecule has 1 atom stereocenters. The molecule has 0 aliphatic carbocycles. The molecular weight excluding hydrogens is 224 g/mol. The van der Waals surface area contributed by atoms with Gasteiger partial charge < -0.3 is 9.73 Å². The third kappa shape index (κ3) is 5.23. The second kappa shape index (κ2) is 6.39. The molecule has 3 nitrogen and oxygen atoms in total. The Morgan fingerprint density at radius 2 is 2.00 bits per heavy atom. The number of aryl methyl sites for hydroxylation is 1. The summed E-state index contributed by atoms with van der Waals surface area (Å²) in [6, 6.07) is 4.63. The summed E-state index contributed by atoms with van der Waals surface area (Å²) in [4.78, 5) is 2.36. The third-order valence-corrected chi connectivity index (χ3v) is 3.16. The molecule has 1 unspecified atom stereocenters. The molecule has 0 aliphatic heterocycles. The molecule has 3 heteroatoms. The van der Waals surface area contributed by atoms with Crippen LogP contribution in [0.5, 0.6) is 0 Å². The van der Waals surface area contributed by atoms with Crippen molar-refractivity contribution >= 4 is 0 Å². The summed E-state index contributed by atoms with van der Waals surface area (Å²) in [7, 11) is 2.16. The van der Waals surface area contributed by atoms with Crippen LogP contribution in [0.2, 0.25) is 0 Å². The van der Waals surface area contributed by atoms with E-state index in [1.165, 1.54) is 0 Å². The van der Waals surface area contributed by atoms with Crippen LogP contribution in [-0.2, 0) is 6.54 Å². The number of rotatable bonds is 6. The standard InChI is InChI=1S/C15H28N2O/c1-7-13(10-16-15(3,4)5)17(6)11-14-9-8-12(2)18-14/h8-9,13,16H,7,10-11H2,1-6H3. The fourth-order valence-electron chi connectivity index (χ4n) is 1.98. The lowest BCUT2D eigenvalue weighted by Crippen LogP contribution is -2.46. The lowest BCUT2D eigenvalue weighted by atomic mass is 10.1. The maximum Gasteiger partial charge on any atom is 0.118 e.